The van der Waals surface area contributed by atoms with Crippen molar-refractivity contribution in [2.75, 3.05) is 5.73 Å². The standard InChI is InChI=1S/C6H3F2I2N/c7-4-2(9)1-3(11)5(8)6(4)10/h1H,11H2. The molecular weight excluding hydrogens is 378 g/mol. The van der Waals surface area contributed by atoms with Gasteiger partial charge >= 0.3 is 0 Å². The second kappa shape index (κ2) is 3.38. The molecule has 0 spiro atoms. The van der Waals surface area contributed by atoms with Gasteiger partial charge in [-0.1, -0.05) is 0 Å². The SMILES string of the molecule is Nc1cc(I)c(F)c(I)c1F. The first-order valence-corrected chi connectivity index (χ1v) is 4.78. The molecule has 0 aliphatic rings. The van der Waals surface area contributed by atoms with E-state index in [2.05, 4.69) is 0 Å². The number of benzene rings is 1. The van der Waals surface area contributed by atoms with Crippen LogP contribution in [0.2, 0.25) is 0 Å². The van der Waals surface area contributed by atoms with Gasteiger partial charge in [-0.15, -0.1) is 0 Å². The number of hydrogen-bond donors (Lipinski definition) is 1. The van der Waals surface area contributed by atoms with Crippen LogP contribution in [0.15, 0.2) is 6.07 Å². The minimum atomic E-state index is -0.677. The smallest absolute Gasteiger partial charge is 0.162 e. The highest BCUT2D eigenvalue weighted by molar-refractivity contribution is 14.1. The number of nitrogen functional groups attached to an aromatic ring is 1. The molecule has 1 aromatic rings. The van der Waals surface area contributed by atoms with E-state index >= 15 is 0 Å². The summed E-state index contributed by atoms with van der Waals surface area (Å²) in [6.45, 7) is 0. The number of halogens is 4. The van der Waals surface area contributed by atoms with Crippen molar-refractivity contribution < 1.29 is 8.78 Å². The van der Waals surface area contributed by atoms with Crippen LogP contribution in [0.3, 0.4) is 0 Å². The fourth-order valence-electron chi connectivity index (χ4n) is 0.591. The van der Waals surface area contributed by atoms with Gasteiger partial charge in [0, 0.05) is 0 Å². The van der Waals surface area contributed by atoms with Crippen LogP contribution in [0, 0.1) is 18.8 Å². The first-order chi connectivity index (χ1) is 5.04. The third-order valence-corrected chi connectivity index (χ3v) is 2.86. The van der Waals surface area contributed by atoms with Crippen molar-refractivity contribution in [1.82, 2.24) is 0 Å². The molecule has 0 bridgehead atoms. The highest BCUT2D eigenvalue weighted by Gasteiger charge is 2.12. The van der Waals surface area contributed by atoms with Crippen LogP contribution in [0.1, 0.15) is 0 Å². The van der Waals surface area contributed by atoms with Crippen LogP contribution >= 0.6 is 45.2 Å². The van der Waals surface area contributed by atoms with Gasteiger partial charge in [0.1, 0.15) is 0 Å². The first-order valence-electron chi connectivity index (χ1n) is 2.62. The fourth-order valence-corrected chi connectivity index (χ4v) is 2.31. The van der Waals surface area contributed by atoms with Crippen LogP contribution in [-0.4, -0.2) is 0 Å². The Kier molecular flexibility index (Phi) is 2.90. The Labute approximate surface area is 89.6 Å². The van der Waals surface area contributed by atoms with Crippen LogP contribution in [-0.2, 0) is 0 Å². The van der Waals surface area contributed by atoms with Crippen LogP contribution in [0.5, 0.6) is 0 Å². The van der Waals surface area contributed by atoms with Crippen LogP contribution in [0.25, 0.3) is 0 Å². The van der Waals surface area contributed by atoms with E-state index in [0.29, 0.717) is 3.57 Å². The predicted octanol–water partition coefficient (Wildman–Crippen LogP) is 2.76. The van der Waals surface area contributed by atoms with Crippen LogP contribution in [0.4, 0.5) is 14.5 Å². The molecule has 0 saturated heterocycles. The molecule has 5 heteroatoms. The Morgan fingerprint density at radius 3 is 2.27 bits per heavy atom. The number of hydrogen-bond acceptors (Lipinski definition) is 1. The average molecular weight is 381 g/mol. The third-order valence-electron chi connectivity index (χ3n) is 1.13. The van der Waals surface area contributed by atoms with E-state index < -0.39 is 11.6 Å². The lowest BCUT2D eigenvalue weighted by Crippen LogP contribution is -1.98. The maximum atomic E-state index is 12.9. The van der Waals surface area contributed by atoms with E-state index in [-0.39, 0.29) is 9.26 Å². The quantitative estimate of drug-likeness (QED) is 0.318. The normalized spacial score (nSPS) is 10.2. The molecular formula is C6H3F2I2N. The van der Waals surface area contributed by atoms with Crippen molar-refractivity contribution in [3.63, 3.8) is 0 Å². The lowest BCUT2D eigenvalue weighted by atomic mass is 10.3. The van der Waals surface area contributed by atoms with Crippen molar-refractivity contribution >= 4 is 50.9 Å². The van der Waals surface area contributed by atoms with Crippen molar-refractivity contribution in [2.24, 2.45) is 0 Å². The molecule has 0 fully saturated rings. The summed E-state index contributed by atoms with van der Waals surface area (Å²) < 4.78 is 25.9. The molecule has 2 N–H and O–H groups in total. The van der Waals surface area contributed by atoms with E-state index in [0.717, 1.165) is 0 Å². The highest BCUT2D eigenvalue weighted by atomic mass is 127. The molecule has 1 nitrogen and oxygen atoms in total. The van der Waals surface area contributed by atoms with E-state index in [4.69, 9.17) is 5.73 Å². The number of nitrogens with two attached hydrogens (primary N) is 1. The molecule has 0 amide bonds. The molecule has 0 unspecified atom stereocenters. The summed E-state index contributed by atoms with van der Waals surface area (Å²) in [5.74, 6) is -1.22. The highest BCUT2D eigenvalue weighted by Crippen LogP contribution is 2.24. The molecule has 0 saturated carbocycles. The molecule has 0 atom stereocenters. The maximum absolute atomic E-state index is 12.9. The van der Waals surface area contributed by atoms with Gasteiger partial charge in [-0.3, -0.25) is 0 Å². The summed E-state index contributed by atoms with van der Waals surface area (Å²) in [6, 6.07) is 1.27. The minimum absolute atomic E-state index is 0.0137. The van der Waals surface area contributed by atoms with Gasteiger partial charge in [0.25, 0.3) is 0 Å². The summed E-state index contributed by atoms with van der Waals surface area (Å²) in [5, 5.41) is 0. The van der Waals surface area contributed by atoms with Crippen molar-refractivity contribution in [1.29, 1.82) is 0 Å². The van der Waals surface area contributed by atoms with Gasteiger partial charge in [-0.25, -0.2) is 8.78 Å². The molecule has 0 aliphatic carbocycles. The molecule has 0 radical (unpaired) electrons. The van der Waals surface area contributed by atoms with E-state index in [1.807, 2.05) is 0 Å². The molecule has 0 aliphatic heterocycles. The molecule has 11 heavy (non-hydrogen) atoms. The zero-order valence-corrected chi connectivity index (χ0v) is 9.48. The number of anilines is 1. The molecule has 60 valence electrons. The first kappa shape index (κ1) is 9.43. The monoisotopic (exact) mass is 381 g/mol. The van der Waals surface area contributed by atoms with Gasteiger partial charge in [-0.2, -0.15) is 0 Å². The Morgan fingerprint density at radius 1 is 1.18 bits per heavy atom. The lowest BCUT2D eigenvalue weighted by Gasteiger charge is -2.02. The number of rotatable bonds is 0. The average Bonchev–Trinajstić information content (AvgIpc) is 1.97. The molecule has 0 aromatic heterocycles. The topological polar surface area (TPSA) is 26.0 Å². The zero-order valence-electron chi connectivity index (χ0n) is 5.17. The van der Waals surface area contributed by atoms with Gasteiger partial charge in [0.05, 0.1) is 12.8 Å². The van der Waals surface area contributed by atoms with Gasteiger partial charge < -0.3 is 5.73 Å². The Hall–Kier alpha value is 0.340. The zero-order chi connectivity index (χ0) is 8.59. The Bertz CT molecular complexity index is 275. The predicted molar refractivity (Wildman–Crippen MR) is 56.2 cm³/mol. The minimum Gasteiger partial charge on any atom is -0.396 e. The van der Waals surface area contributed by atoms with Gasteiger partial charge in [0.15, 0.2) is 11.6 Å². The van der Waals surface area contributed by atoms with E-state index in [1.165, 1.54) is 6.07 Å². The summed E-state index contributed by atoms with van der Waals surface area (Å²) >= 11 is 3.35. The van der Waals surface area contributed by atoms with Crippen LogP contribution < -0.4 is 5.73 Å². The Morgan fingerprint density at radius 2 is 1.73 bits per heavy atom. The largest absolute Gasteiger partial charge is 0.396 e. The summed E-state index contributed by atoms with van der Waals surface area (Å²) in [4.78, 5) is 0. The summed E-state index contributed by atoms with van der Waals surface area (Å²) in [5.41, 5.74) is 5.23. The van der Waals surface area contributed by atoms with Crippen molar-refractivity contribution in [3.05, 3.63) is 24.8 Å². The lowest BCUT2D eigenvalue weighted by molar-refractivity contribution is 0.568. The van der Waals surface area contributed by atoms with Gasteiger partial charge in [-0.05, 0) is 51.2 Å². The van der Waals surface area contributed by atoms with E-state index in [9.17, 15) is 8.78 Å². The summed E-state index contributed by atoms with van der Waals surface area (Å²) in [7, 11) is 0. The van der Waals surface area contributed by atoms with Crippen molar-refractivity contribution in [3.8, 4) is 0 Å². The summed E-state index contributed by atoms with van der Waals surface area (Å²) in [6.07, 6.45) is 0. The molecule has 0 heterocycles. The second-order valence-electron chi connectivity index (χ2n) is 1.89. The van der Waals surface area contributed by atoms with Gasteiger partial charge in [0.2, 0.25) is 0 Å². The maximum Gasteiger partial charge on any atom is 0.162 e. The van der Waals surface area contributed by atoms with Crippen molar-refractivity contribution in [2.45, 2.75) is 0 Å². The fraction of sp³-hybridized carbons (Fsp3) is 0. The van der Waals surface area contributed by atoms with E-state index in [1.54, 1.807) is 45.2 Å². The second-order valence-corrected chi connectivity index (χ2v) is 4.13. The third kappa shape index (κ3) is 1.74. The molecule has 1 aromatic carbocycles. The Balaban J connectivity index is 3.46. The molecule has 1 rings (SSSR count).